The fourth-order valence-electron chi connectivity index (χ4n) is 3.35. The normalized spacial score (nSPS) is 17.7. The largest absolute Gasteiger partial charge is 0.357 e. The first-order chi connectivity index (χ1) is 12.4. The molecule has 1 aliphatic rings. The monoisotopic (exact) mass is 508 g/mol. The van der Waals surface area contributed by atoms with Gasteiger partial charge in [-0.25, -0.2) is 9.98 Å². The Kier molecular flexibility index (Phi) is 11.1. The van der Waals surface area contributed by atoms with Crippen molar-refractivity contribution in [2.45, 2.75) is 47.2 Å². The third-order valence-electron chi connectivity index (χ3n) is 4.98. The van der Waals surface area contributed by atoms with Crippen LogP contribution in [0.25, 0.3) is 0 Å². The van der Waals surface area contributed by atoms with Crippen LogP contribution in [0, 0.1) is 19.8 Å². The van der Waals surface area contributed by atoms with Gasteiger partial charge in [0.1, 0.15) is 0 Å². The zero-order chi connectivity index (χ0) is 19.1. The molecular weight excluding hydrogens is 471 g/mol. The number of likely N-dealkylation sites (N-methyl/N-ethyl adjacent to an activating group) is 1. The van der Waals surface area contributed by atoms with Crippen molar-refractivity contribution in [3.63, 3.8) is 0 Å². The van der Waals surface area contributed by atoms with Crippen LogP contribution in [0.3, 0.4) is 0 Å². The van der Waals surface area contributed by atoms with E-state index in [2.05, 4.69) is 67.1 Å². The second-order valence-corrected chi connectivity index (χ2v) is 8.76. The van der Waals surface area contributed by atoms with E-state index in [1.54, 1.807) is 11.3 Å². The first-order valence-corrected chi connectivity index (χ1v) is 10.6. The molecule has 0 aromatic carbocycles. The van der Waals surface area contributed by atoms with E-state index in [1.165, 1.54) is 4.88 Å². The minimum Gasteiger partial charge on any atom is -0.357 e. The maximum Gasteiger partial charge on any atom is 0.191 e. The van der Waals surface area contributed by atoms with Gasteiger partial charge in [-0.3, -0.25) is 4.90 Å². The molecule has 1 aromatic heterocycles. The van der Waals surface area contributed by atoms with Crippen molar-refractivity contribution >= 4 is 41.3 Å². The number of thiazole rings is 1. The fraction of sp³-hybridized carbons (Fsp3) is 0.789. The highest BCUT2D eigenvalue weighted by Gasteiger charge is 2.25. The van der Waals surface area contributed by atoms with Gasteiger partial charge >= 0.3 is 0 Å². The van der Waals surface area contributed by atoms with E-state index < -0.39 is 0 Å². The van der Waals surface area contributed by atoms with Gasteiger partial charge in [0.25, 0.3) is 0 Å². The Balaban J connectivity index is 0.00000364. The zero-order valence-corrected chi connectivity index (χ0v) is 20.9. The van der Waals surface area contributed by atoms with Crippen LogP contribution >= 0.6 is 35.3 Å². The summed E-state index contributed by atoms with van der Waals surface area (Å²) in [5.74, 6) is 1.51. The number of nitrogens with zero attached hydrogens (tertiary/aromatic N) is 4. The summed E-state index contributed by atoms with van der Waals surface area (Å²) in [5.41, 5.74) is 1.10. The second-order valence-electron chi connectivity index (χ2n) is 7.47. The summed E-state index contributed by atoms with van der Waals surface area (Å²) in [5, 5.41) is 8.07. The maximum absolute atomic E-state index is 4.78. The molecule has 1 unspecified atom stereocenters. The maximum atomic E-state index is 4.78. The number of aromatic nitrogens is 1. The van der Waals surface area contributed by atoms with Gasteiger partial charge in [0.15, 0.2) is 5.96 Å². The van der Waals surface area contributed by atoms with Gasteiger partial charge in [-0.2, -0.15) is 0 Å². The molecule has 1 atom stereocenters. The number of guanidine groups is 1. The number of halogens is 1. The van der Waals surface area contributed by atoms with E-state index in [9.17, 15) is 0 Å². The molecule has 1 saturated heterocycles. The Labute approximate surface area is 186 Å². The molecule has 0 spiro atoms. The average molecular weight is 509 g/mol. The summed E-state index contributed by atoms with van der Waals surface area (Å²) in [6.45, 7) is 17.9. The minimum atomic E-state index is 0. The van der Waals surface area contributed by atoms with Gasteiger partial charge in [0, 0.05) is 50.2 Å². The van der Waals surface area contributed by atoms with E-state index in [0.29, 0.717) is 18.5 Å². The Bertz CT molecular complexity index is 581. The first kappa shape index (κ1) is 24.6. The first-order valence-electron chi connectivity index (χ1n) is 9.78. The summed E-state index contributed by atoms with van der Waals surface area (Å²) >= 11 is 1.74. The smallest absolute Gasteiger partial charge is 0.191 e. The lowest BCUT2D eigenvalue weighted by Gasteiger charge is -2.40. The van der Waals surface area contributed by atoms with Crippen molar-refractivity contribution < 1.29 is 0 Å². The molecule has 0 amide bonds. The minimum absolute atomic E-state index is 0. The molecule has 1 aromatic rings. The van der Waals surface area contributed by atoms with Crippen LogP contribution in [0.15, 0.2) is 4.99 Å². The average Bonchev–Trinajstić information content (AvgIpc) is 2.91. The lowest BCUT2D eigenvalue weighted by Crippen LogP contribution is -2.55. The standard InChI is InChI=1S/C19H36N6S.HI/c1-7-20-19(22-13-18-15(4)23-16(5)26-18)21-12-17(14(2)3)25-10-8-24(6)9-11-25;/h14,17H,7-13H2,1-6H3,(H2,20,21,22);1H. The lowest BCUT2D eigenvalue weighted by atomic mass is 10.0. The van der Waals surface area contributed by atoms with Crippen LogP contribution in [0.5, 0.6) is 0 Å². The number of hydrogen-bond donors (Lipinski definition) is 2. The quantitative estimate of drug-likeness (QED) is 0.337. The van der Waals surface area contributed by atoms with Crippen LogP contribution in [-0.2, 0) is 6.54 Å². The Morgan fingerprint density at radius 1 is 1.19 bits per heavy atom. The fourth-order valence-corrected chi connectivity index (χ4v) is 4.22. The van der Waals surface area contributed by atoms with Crippen molar-refractivity contribution in [3.8, 4) is 0 Å². The molecular formula is C19H37IN6S. The summed E-state index contributed by atoms with van der Waals surface area (Å²) in [4.78, 5) is 15.6. The third kappa shape index (κ3) is 7.83. The Morgan fingerprint density at radius 2 is 1.85 bits per heavy atom. The number of hydrogen-bond acceptors (Lipinski definition) is 5. The SMILES string of the molecule is CCNC(=NCc1sc(C)nc1C)NCC(C(C)C)N1CCN(C)CC1.I. The number of piperazine rings is 1. The molecule has 8 heteroatoms. The van der Waals surface area contributed by atoms with Crippen LogP contribution in [-0.4, -0.2) is 73.1 Å². The highest BCUT2D eigenvalue weighted by molar-refractivity contribution is 14.0. The van der Waals surface area contributed by atoms with Gasteiger partial charge in [-0.1, -0.05) is 13.8 Å². The van der Waals surface area contributed by atoms with Gasteiger partial charge in [-0.15, -0.1) is 35.3 Å². The molecule has 2 N–H and O–H groups in total. The summed E-state index contributed by atoms with van der Waals surface area (Å²) < 4.78 is 0. The summed E-state index contributed by atoms with van der Waals surface area (Å²) in [7, 11) is 2.21. The topological polar surface area (TPSA) is 55.8 Å². The van der Waals surface area contributed by atoms with Crippen molar-refractivity contribution in [1.82, 2.24) is 25.4 Å². The van der Waals surface area contributed by atoms with E-state index in [-0.39, 0.29) is 24.0 Å². The second kappa shape index (κ2) is 12.2. The van der Waals surface area contributed by atoms with Crippen molar-refractivity contribution in [2.75, 3.05) is 46.3 Å². The third-order valence-corrected chi connectivity index (χ3v) is 6.04. The number of aliphatic imine (C=N–C) groups is 1. The van der Waals surface area contributed by atoms with Gasteiger partial charge in [-0.05, 0) is 33.7 Å². The van der Waals surface area contributed by atoms with Gasteiger partial charge in [0.2, 0.25) is 0 Å². The summed E-state index contributed by atoms with van der Waals surface area (Å²) in [6.07, 6.45) is 0. The molecule has 0 bridgehead atoms. The van der Waals surface area contributed by atoms with E-state index in [1.807, 2.05) is 0 Å². The molecule has 2 heterocycles. The molecule has 0 radical (unpaired) electrons. The number of rotatable bonds is 7. The molecule has 27 heavy (non-hydrogen) atoms. The highest BCUT2D eigenvalue weighted by atomic mass is 127. The van der Waals surface area contributed by atoms with Gasteiger partial charge in [0.05, 0.1) is 17.2 Å². The van der Waals surface area contributed by atoms with E-state index >= 15 is 0 Å². The van der Waals surface area contributed by atoms with Crippen LogP contribution in [0.1, 0.15) is 36.3 Å². The zero-order valence-electron chi connectivity index (χ0n) is 17.7. The lowest BCUT2D eigenvalue weighted by molar-refractivity contribution is 0.0900. The molecule has 1 aliphatic heterocycles. The summed E-state index contributed by atoms with van der Waals surface area (Å²) in [6, 6.07) is 0.528. The highest BCUT2D eigenvalue weighted by Crippen LogP contribution is 2.18. The molecule has 1 fully saturated rings. The predicted molar refractivity (Wildman–Crippen MR) is 128 cm³/mol. The Morgan fingerprint density at radius 3 is 2.37 bits per heavy atom. The molecule has 0 saturated carbocycles. The van der Waals surface area contributed by atoms with Crippen LogP contribution in [0.2, 0.25) is 0 Å². The molecule has 2 rings (SSSR count). The van der Waals surface area contributed by atoms with Crippen molar-refractivity contribution in [2.24, 2.45) is 10.9 Å². The predicted octanol–water partition coefficient (Wildman–Crippen LogP) is 2.71. The van der Waals surface area contributed by atoms with Gasteiger partial charge < -0.3 is 15.5 Å². The van der Waals surface area contributed by atoms with Crippen molar-refractivity contribution in [1.29, 1.82) is 0 Å². The van der Waals surface area contributed by atoms with E-state index in [0.717, 1.165) is 55.9 Å². The molecule has 6 nitrogen and oxygen atoms in total. The molecule has 156 valence electrons. The van der Waals surface area contributed by atoms with Crippen LogP contribution in [0.4, 0.5) is 0 Å². The Hall–Kier alpha value is -0.450. The van der Waals surface area contributed by atoms with Crippen LogP contribution < -0.4 is 10.6 Å². The van der Waals surface area contributed by atoms with E-state index in [4.69, 9.17) is 4.99 Å². The number of nitrogens with one attached hydrogen (secondary N) is 2. The number of aryl methyl sites for hydroxylation is 2. The van der Waals surface area contributed by atoms with Crippen molar-refractivity contribution in [3.05, 3.63) is 15.6 Å². The molecule has 0 aliphatic carbocycles.